The maximum absolute atomic E-state index is 10.9. The Morgan fingerprint density at radius 1 is 1.54 bits per heavy atom. The van der Waals surface area contributed by atoms with E-state index in [1.54, 1.807) is 0 Å². The van der Waals surface area contributed by atoms with E-state index in [9.17, 15) is 4.79 Å². The number of rotatable bonds is 6. The summed E-state index contributed by atoms with van der Waals surface area (Å²) in [4.78, 5) is 13.2. The van der Waals surface area contributed by atoms with E-state index in [1.165, 1.54) is 0 Å². The molecule has 0 bridgehead atoms. The molecule has 0 spiro atoms. The van der Waals surface area contributed by atoms with Crippen LogP contribution in [0.15, 0.2) is 0 Å². The number of carbonyl (C=O) groups excluding carboxylic acids is 1. The number of nitrogens with one attached hydrogen (secondary N) is 1. The molecule has 0 aromatic rings. The predicted octanol–water partition coefficient (Wildman–Crippen LogP) is 0.487. The molecular formula is C9H21N3O. The van der Waals surface area contributed by atoms with E-state index in [0.29, 0.717) is 12.5 Å². The second kappa shape index (κ2) is 6.86. The minimum Gasteiger partial charge on any atom is -0.300 e. The lowest BCUT2D eigenvalue weighted by molar-refractivity contribution is -0.121. The summed E-state index contributed by atoms with van der Waals surface area (Å²) in [7, 11) is 0. The topological polar surface area (TPSA) is 58.4 Å². The van der Waals surface area contributed by atoms with Crippen molar-refractivity contribution >= 4 is 5.91 Å². The zero-order chi connectivity index (χ0) is 10.3. The van der Waals surface area contributed by atoms with Crippen LogP contribution in [-0.4, -0.2) is 29.9 Å². The van der Waals surface area contributed by atoms with Gasteiger partial charge in [-0.15, -0.1) is 0 Å². The van der Waals surface area contributed by atoms with Crippen LogP contribution in [0.1, 0.15) is 33.6 Å². The van der Waals surface area contributed by atoms with E-state index >= 15 is 0 Å². The average Bonchev–Trinajstić information content (AvgIpc) is 2.17. The first kappa shape index (κ1) is 12.4. The van der Waals surface area contributed by atoms with Gasteiger partial charge in [-0.2, -0.15) is 0 Å². The Morgan fingerprint density at radius 2 is 2.15 bits per heavy atom. The Kier molecular flexibility index (Phi) is 6.54. The van der Waals surface area contributed by atoms with Crippen LogP contribution in [-0.2, 0) is 4.79 Å². The molecule has 3 N–H and O–H groups in total. The van der Waals surface area contributed by atoms with Gasteiger partial charge < -0.3 is 4.90 Å². The standard InChI is InChI=1S/C9H21N3O/c1-4-8(3)12(5-2)7-6-9(13)11-10/h8H,4-7,10H2,1-3H3,(H,11,13). The third kappa shape index (κ3) is 4.85. The second-order valence-corrected chi connectivity index (χ2v) is 3.20. The molecule has 78 valence electrons. The molecule has 0 aliphatic rings. The van der Waals surface area contributed by atoms with Crippen LogP contribution in [0.3, 0.4) is 0 Å². The summed E-state index contributed by atoms with van der Waals surface area (Å²) < 4.78 is 0. The largest absolute Gasteiger partial charge is 0.300 e. The van der Waals surface area contributed by atoms with Crippen molar-refractivity contribution in [3.8, 4) is 0 Å². The highest BCUT2D eigenvalue weighted by Crippen LogP contribution is 2.03. The fourth-order valence-electron chi connectivity index (χ4n) is 1.27. The van der Waals surface area contributed by atoms with Gasteiger partial charge in [0.25, 0.3) is 0 Å². The van der Waals surface area contributed by atoms with Gasteiger partial charge >= 0.3 is 0 Å². The normalized spacial score (nSPS) is 13.0. The van der Waals surface area contributed by atoms with Crippen molar-refractivity contribution in [2.75, 3.05) is 13.1 Å². The smallest absolute Gasteiger partial charge is 0.235 e. The van der Waals surface area contributed by atoms with Crippen molar-refractivity contribution in [3.63, 3.8) is 0 Å². The fraction of sp³-hybridized carbons (Fsp3) is 0.889. The molecule has 0 saturated carbocycles. The molecule has 0 aromatic carbocycles. The van der Waals surface area contributed by atoms with Crippen molar-refractivity contribution in [2.24, 2.45) is 5.84 Å². The zero-order valence-electron chi connectivity index (χ0n) is 8.84. The first-order valence-corrected chi connectivity index (χ1v) is 4.89. The average molecular weight is 187 g/mol. The minimum absolute atomic E-state index is 0.0956. The lowest BCUT2D eigenvalue weighted by atomic mass is 10.2. The molecule has 1 unspecified atom stereocenters. The third-order valence-electron chi connectivity index (χ3n) is 2.41. The van der Waals surface area contributed by atoms with Gasteiger partial charge in [0.05, 0.1) is 0 Å². The number of carbonyl (C=O) groups is 1. The quantitative estimate of drug-likeness (QED) is 0.361. The number of amides is 1. The molecule has 0 aliphatic heterocycles. The Bertz CT molecular complexity index is 150. The van der Waals surface area contributed by atoms with Gasteiger partial charge in [-0.25, -0.2) is 5.84 Å². The van der Waals surface area contributed by atoms with Crippen LogP contribution in [0.4, 0.5) is 0 Å². The molecule has 0 saturated heterocycles. The number of hydrogen-bond donors (Lipinski definition) is 2. The van der Waals surface area contributed by atoms with Crippen LogP contribution in [0.25, 0.3) is 0 Å². The Labute approximate surface area is 80.4 Å². The van der Waals surface area contributed by atoms with E-state index in [-0.39, 0.29) is 5.91 Å². The third-order valence-corrected chi connectivity index (χ3v) is 2.41. The Balaban J connectivity index is 3.78. The van der Waals surface area contributed by atoms with E-state index < -0.39 is 0 Å². The predicted molar refractivity (Wildman–Crippen MR) is 53.9 cm³/mol. The zero-order valence-corrected chi connectivity index (χ0v) is 8.84. The molecule has 4 heteroatoms. The first-order valence-electron chi connectivity index (χ1n) is 4.89. The van der Waals surface area contributed by atoms with Gasteiger partial charge in [-0.1, -0.05) is 13.8 Å². The molecule has 4 nitrogen and oxygen atoms in total. The van der Waals surface area contributed by atoms with Crippen molar-refractivity contribution in [3.05, 3.63) is 0 Å². The molecule has 0 heterocycles. The van der Waals surface area contributed by atoms with Crippen molar-refractivity contribution < 1.29 is 4.79 Å². The fourth-order valence-corrected chi connectivity index (χ4v) is 1.27. The van der Waals surface area contributed by atoms with Gasteiger partial charge in [0.1, 0.15) is 0 Å². The van der Waals surface area contributed by atoms with Crippen LogP contribution >= 0.6 is 0 Å². The van der Waals surface area contributed by atoms with Gasteiger partial charge in [0.15, 0.2) is 0 Å². The Hall–Kier alpha value is -0.610. The molecule has 13 heavy (non-hydrogen) atoms. The molecular weight excluding hydrogens is 166 g/mol. The summed E-state index contributed by atoms with van der Waals surface area (Å²) >= 11 is 0. The molecule has 1 amide bonds. The van der Waals surface area contributed by atoms with Crippen LogP contribution < -0.4 is 11.3 Å². The second-order valence-electron chi connectivity index (χ2n) is 3.20. The van der Waals surface area contributed by atoms with E-state index in [1.807, 2.05) is 0 Å². The minimum atomic E-state index is -0.0956. The van der Waals surface area contributed by atoms with Gasteiger partial charge in [-0.05, 0) is 19.9 Å². The molecule has 0 rings (SSSR count). The highest BCUT2D eigenvalue weighted by Gasteiger charge is 2.10. The molecule has 0 aromatic heterocycles. The summed E-state index contributed by atoms with van der Waals surface area (Å²) in [6, 6.07) is 0.538. The number of nitrogens with two attached hydrogens (primary N) is 1. The Morgan fingerprint density at radius 3 is 2.54 bits per heavy atom. The van der Waals surface area contributed by atoms with Crippen molar-refractivity contribution in [2.45, 2.75) is 39.7 Å². The summed E-state index contributed by atoms with van der Waals surface area (Å²) in [6.07, 6.45) is 1.59. The van der Waals surface area contributed by atoms with E-state index in [4.69, 9.17) is 5.84 Å². The molecule has 0 fully saturated rings. The summed E-state index contributed by atoms with van der Waals surface area (Å²) in [5.41, 5.74) is 2.14. The highest BCUT2D eigenvalue weighted by atomic mass is 16.2. The molecule has 0 radical (unpaired) electrons. The van der Waals surface area contributed by atoms with E-state index in [0.717, 1.165) is 19.5 Å². The van der Waals surface area contributed by atoms with Gasteiger partial charge in [0.2, 0.25) is 5.91 Å². The SMILES string of the molecule is CCC(C)N(CC)CCC(=O)NN. The van der Waals surface area contributed by atoms with Crippen molar-refractivity contribution in [1.29, 1.82) is 0 Å². The maximum Gasteiger partial charge on any atom is 0.235 e. The van der Waals surface area contributed by atoms with Crippen molar-refractivity contribution in [1.82, 2.24) is 10.3 Å². The summed E-state index contributed by atoms with van der Waals surface area (Å²) in [5.74, 6) is 4.89. The van der Waals surface area contributed by atoms with Crippen LogP contribution in [0.2, 0.25) is 0 Å². The van der Waals surface area contributed by atoms with Gasteiger partial charge in [0, 0.05) is 19.0 Å². The molecule has 1 atom stereocenters. The monoisotopic (exact) mass is 187 g/mol. The number of hydrogen-bond acceptors (Lipinski definition) is 3. The highest BCUT2D eigenvalue weighted by molar-refractivity contribution is 5.75. The summed E-state index contributed by atoms with van der Waals surface area (Å²) in [6.45, 7) is 8.19. The van der Waals surface area contributed by atoms with Crippen LogP contribution in [0.5, 0.6) is 0 Å². The van der Waals surface area contributed by atoms with Crippen LogP contribution in [0, 0.1) is 0 Å². The number of nitrogens with zero attached hydrogens (tertiary/aromatic N) is 1. The van der Waals surface area contributed by atoms with E-state index in [2.05, 4.69) is 31.1 Å². The maximum atomic E-state index is 10.9. The number of hydrazine groups is 1. The van der Waals surface area contributed by atoms with Gasteiger partial charge in [-0.3, -0.25) is 10.2 Å². The lowest BCUT2D eigenvalue weighted by Crippen LogP contribution is -2.37. The summed E-state index contributed by atoms with van der Waals surface area (Å²) in [5, 5.41) is 0. The lowest BCUT2D eigenvalue weighted by Gasteiger charge is -2.26. The molecule has 0 aliphatic carbocycles. The first-order chi connectivity index (χ1) is 6.15.